The van der Waals surface area contributed by atoms with Gasteiger partial charge in [0.25, 0.3) is 0 Å². The van der Waals surface area contributed by atoms with Crippen molar-refractivity contribution in [2.45, 2.75) is 83.7 Å². The minimum absolute atomic E-state index is 0.0518. The molecular formula is C27H36N4OS. The van der Waals surface area contributed by atoms with Crippen molar-refractivity contribution >= 4 is 17.8 Å². The third kappa shape index (κ3) is 5.79. The molecule has 1 aliphatic rings. The molecule has 6 heteroatoms. The summed E-state index contributed by atoms with van der Waals surface area (Å²) in [7, 11) is 0. The van der Waals surface area contributed by atoms with E-state index in [0.29, 0.717) is 0 Å². The molecule has 33 heavy (non-hydrogen) atoms. The minimum atomic E-state index is -0.0518. The number of nitrogens with zero attached hydrogens (tertiary/aromatic N) is 3. The fraction of sp³-hybridized carbons (Fsp3) is 0.481. The summed E-state index contributed by atoms with van der Waals surface area (Å²) in [6.45, 7) is 13.9. The highest BCUT2D eigenvalue weighted by Crippen LogP contribution is 2.34. The van der Waals surface area contributed by atoms with E-state index in [1.807, 2.05) is 6.20 Å². The van der Waals surface area contributed by atoms with Crippen LogP contribution in [-0.2, 0) is 37.8 Å². The molecule has 1 aromatic carbocycles. The molecule has 0 amide bonds. The van der Waals surface area contributed by atoms with Crippen molar-refractivity contribution in [1.29, 1.82) is 0 Å². The van der Waals surface area contributed by atoms with Crippen LogP contribution in [0.4, 0.5) is 5.82 Å². The molecule has 0 aliphatic carbocycles. The lowest BCUT2D eigenvalue weighted by atomic mass is 9.89. The molecule has 0 radical (unpaired) electrons. The molecule has 1 N–H and O–H groups in total. The van der Waals surface area contributed by atoms with E-state index in [4.69, 9.17) is 4.52 Å². The summed E-state index contributed by atoms with van der Waals surface area (Å²) in [6, 6.07) is 11.2. The van der Waals surface area contributed by atoms with E-state index < -0.39 is 0 Å². The highest BCUT2D eigenvalue weighted by Gasteiger charge is 2.26. The summed E-state index contributed by atoms with van der Waals surface area (Å²) in [5, 5.41) is 4.35. The smallest absolute Gasteiger partial charge is 0.183 e. The van der Waals surface area contributed by atoms with Crippen molar-refractivity contribution in [3.8, 4) is 0 Å². The summed E-state index contributed by atoms with van der Waals surface area (Å²) < 4.78 is 9.20. The molecule has 4 rings (SSSR count). The monoisotopic (exact) mass is 464 g/mol. The number of hydrogen-bond donors (Lipinski definition) is 1. The van der Waals surface area contributed by atoms with Gasteiger partial charge in [0.05, 0.1) is 0 Å². The lowest BCUT2D eigenvalue weighted by Gasteiger charge is -2.29. The van der Waals surface area contributed by atoms with Crippen LogP contribution in [0.15, 0.2) is 45.9 Å². The van der Waals surface area contributed by atoms with E-state index in [2.05, 4.69) is 84.7 Å². The van der Waals surface area contributed by atoms with Crippen LogP contribution in [0.5, 0.6) is 0 Å². The maximum absolute atomic E-state index is 5.74. The zero-order chi connectivity index (χ0) is 23.4. The average molecular weight is 465 g/mol. The van der Waals surface area contributed by atoms with Gasteiger partial charge in [-0.15, -0.1) is 0 Å². The van der Waals surface area contributed by atoms with Gasteiger partial charge in [-0.2, -0.15) is 0 Å². The Morgan fingerprint density at radius 1 is 1.12 bits per heavy atom. The predicted molar refractivity (Wildman–Crippen MR) is 137 cm³/mol. The Morgan fingerprint density at radius 2 is 1.97 bits per heavy atom. The van der Waals surface area contributed by atoms with Crippen LogP contribution in [0.2, 0.25) is 0 Å². The van der Waals surface area contributed by atoms with Crippen LogP contribution in [0, 0.1) is 0 Å². The molecule has 176 valence electrons. The average Bonchev–Trinajstić information content (AvgIpc) is 3.21. The van der Waals surface area contributed by atoms with Crippen molar-refractivity contribution in [2.24, 2.45) is 0 Å². The number of aryl methyl sites for hydroxylation is 1. The van der Waals surface area contributed by atoms with E-state index in [-0.39, 0.29) is 5.41 Å². The molecule has 5 nitrogen and oxygen atoms in total. The third-order valence-corrected chi connectivity index (χ3v) is 6.94. The van der Waals surface area contributed by atoms with Crippen LogP contribution in [0.1, 0.15) is 74.7 Å². The SMILES string of the molecule is CCCc1c(NSc2ccc3c(c2)CN(Cc2ccc(CC)nc2)CC3)noc1C(C)(C)C. The number of anilines is 1. The van der Waals surface area contributed by atoms with Gasteiger partial charge in [-0.1, -0.05) is 58.3 Å². The molecule has 0 saturated carbocycles. The van der Waals surface area contributed by atoms with Crippen LogP contribution < -0.4 is 4.72 Å². The molecule has 0 fully saturated rings. The maximum Gasteiger partial charge on any atom is 0.183 e. The zero-order valence-corrected chi connectivity index (χ0v) is 21.4. The summed E-state index contributed by atoms with van der Waals surface area (Å²) in [6.07, 6.45) is 6.13. The van der Waals surface area contributed by atoms with Crippen LogP contribution >= 0.6 is 11.9 Å². The Hall–Kier alpha value is -2.31. The van der Waals surface area contributed by atoms with Crippen molar-refractivity contribution in [2.75, 3.05) is 11.3 Å². The van der Waals surface area contributed by atoms with E-state index in [0.717, 1.165) is 62.6 Å². The summed E-state index contributed by atoms with van der Waals surface area (Å²) >= 11 is 1.62. The van der Waals surface area contributed by atoms with Gasteiger partial charge in [0, 0.05) is 47.4 Å². The Morgan fingerprint density at radius 3 is 2.67 bits per heavy atom. The lowest BCUT2D eigenvalue weighted by molar-refractivity contribution is 0.245. The predicted octanol–water partition coefficient (Wildman–Crippen LogP) is 6.56. The first kappa shape index (κ1) is 23.8. The van der Waals surface area contributed by atoms with Gasteiger partial charge >= 0.3 is 0 Å². The Kier molecular flexibility index (Phi) is 7.45. The second-order valence-corrected chi connectivity index (χ2v) is 10.8. The first-order valence-electron chi connectivity index (χ1n) is 12.1. The summed E-state index contributed by atoms with van der Waals surface area (Å²) in [5.74, 6) is 1.84. The van der Waals surface area contributed by atoms with Crippen molar-refractivity contribution < 1.29 is 4.52 Å². The number of aromatic nitrogens is 2. The Balaban J connectivity index is 1.42. The summed E-state index contributed by atoms with van der Waals surface area (Å²) in [4.78, 5) is 8.27. The number of benzene rings is 1. The van der Waals surface area contributed by atoms with Gasteiger partial charge in [-0.25, -0.2) is 0 Å². The van der Waals surface area contributed by atoms with Gasteiger partial charge in [-0.05, 0) is 66.1 Å². The third-order valence-electron chi connectivity index (χ3n) is 6.16. The molecule has 2 aromatic heterocycles. The normalized spacial score (nSPS) is 14.3. The van der Waals surface area contributed by atoms with Crippen molar-refractivity contribution in [1.82, 2.24) is 15.0 Å². The first-order chi connectivity index (χ1) is 15.9. The molecular weight excluding hydrogens is 428 g/mol. The molecule has 1 aliphatic heterocycles. The quantitative estimate of drug-likeness (QED) is 0.381. The molecule has 0 unspecified atom stereocenters. The molecule has 0 saturated heterocycles. The standard InChI is InChI=1S/C27H36N4OS/c1-6-8-24-25(27(3,4)5)32-29-26(24)30-33-23-12-10-20-13-14-31(18-21(20)15-23)17-19-9-11-22(7-2)28-16-19/h9-12,15-16H,6-8,13-14,17-18H2,1-5H3,(H,29,30). The molecule has 3 heterocycles. The van der Waals surface area contributed by atoms with Gasteiger partial charge < -0.3 is 9.25 Å². The largest absolute Gasteiger partial charge is 0.358 e. The van der Waals surface area contributed by atoms with E-state index in [1.54, 1.807) is 11.9 Å². The highest BCUT2D eigenvalue weighted by atomic mass is 32.2. The summed E-state index contributed by atoms with van der Waals surface area (Å²) in [5.41, 5.74) is 6.45. The lowest BCUT2D eigenvalue weighted by Crippen LogP contribution is -2.30. The number of rotatable bonds is 8. The van der Waals surface area contributed by atoms with Crippen LogP contribution in [-0.4, -0.2) is 21.6 Å². The highest BCUT2D eigenvalue weighted by molar-refractivity contribution is 8.00. The van der Waals surface area contributed by atoms with Crippen molar-refractivity contribution in [3.05, 3.63) is 70.2 Å². The van der Waals surface area contributed by atoms with Crippen LogP contribution in [0.3, 0.4) is 0 Å². The second kappa shape index (κ2) is 10.3. The Bertz CT molecular complexity index is 1070. The van der Waals surface area contributed by atoms with Crippen LogP contribution in [0.25, 0.3) is 0 Å². The maximum atomic E-state index is 5.74. The topological polar surface area (TPSA) is 54.2 Å². The molecule has 0 spiro atoms. The van der Waals surface area contributed by atoms with Gasteiger partial charge in [0.2, 0.25) is 0 Å². The number of pyridine rings is 1. The number of hydrogen-bond acceptors (Lipinski definition) is 6. The second-order valence-electron chi connectivity index (χ2n) is 9.95. The van der Waals surface area contributed by atoms with Gasteiger partial charge in [0.15, 0.2) is 5.82 Å². The Labute approximate surface area is 202 Å². The fourth-order valence-electron chi connectivity index (χ4n) is 4.37. The molecule has 0 atom stereocenters. The number of fused-ring (bicyclic) bond motifs is 1. The molecule has 0 bridgehead atoms. The van der Waals surface area contributed by atoms with Gasteiger partial charge in [0.1, 0.15) is 5.76 Å². The van der Waals surface area contributed by atoms with Gasteiger partial charge in [-0.3, -0.25) is 9.88 Å². The van der Waals surface area contributed by atoms with E-state index in [9.17, 15) is 0 Å². The minimum Gasteiger partial charge on any atom is -0.358 e. The van der Waals surface area contributed by atoms with Crippen molar-refractivity contribution in [3.63, 3.8) is 0 Å². The van der Waals surface area contributed by atoms with E-state index in [1.165, 1.54) is 27.1 Å². The fourth-order valence-corrected chi connectivity index (χ4v) is 5.09. The number of nitrogens with one attached hydrogen (secondary N) is 1. The van der Waals surface area contributed by atoms with E-state index >= 15 is 0 Å². The first-order valence-corrected chi connectivity index (χ1v) is 12.9. The zero-order valence-electron chi connectivity index (χ0n) is 20.6. The molecule has 3 aromatic rings.